The fourth-order valence-electron chi connectivity index (χ4n) is 3.63. The van der Waals surface area contributed by atoms with Gasteiger partial charge >= 0.3 is 5.97 Å². The maximum atomic E-state index is 13.3. The van der Waals surface area contributed by atoms with E-state index in [-0.39, 0.29) is 35.0 Å². The molecule has 150 valence electrons. The molecule has 1 aliphatic rings. The van der Waals surface area contributed by atoms with Gasteiger partial charge in [0.05, 0.1) is 17.9 Å². The number of rotatable bonds is 5. The molecule has 1 aromatic heterocycles. The zero-order chi connectivity index (χ0) is 20.3. The van der Waals surface area contributed by atoms with Crippen molar-refractivity contribution in [3.05, 3.63) is 40.3 Å². The Morgan fingerprint density at radius 2 is 1.96 bits per heavy atom. The second-order valence-corrected chi connectivity index (χ2v) is 7.62. The second kappa shape index (κ2) is 8.54. The first-order valence-electron chi connectivity index (χ1n) is 9.88. The van der Waals surface area contributed by atoms with Gasteiger partial charge in [0.25, 0.3) is 11.5 Å². The van der Waals surface area contributed by atoms with Crippen LogP contribution in [0.5, 0.6) is 0 Å². The summed E-state index contributed by atoms with van der Waals surface area (Å²) in [6.07, 6.45) is 1.45. The van der Waals surface area contributed by atoms with Crippen molar-refractivity contribution in [2.75, 3.05) is 19.7 Å². The molecule has 28 heavy (non-hydrogen) atoms. The van der Waals surface area contributed by atoms with Gasteiger partial charge in [0.15, 0.2) is 5.69 Å². The standard InChI is InChI=1S/C21H27N3O4/c1-4-28-21(27)15-8-7-11-23(13-15)20(26)18-16-9-5-6-10-17(16)19(25)24(22-18)12-14(2)3/h5-6,9-10,14-15H,4,7-8,11-13H2,1-3H3/t15-/m0/s1. The first kappa shape index (κ1) is 20.0. The Morgan fingerprint density at radius 3 is 2.64 bits per heavy atom. The molecular formula is C21H27N3O4. The normalized spacial score (nSPS) is 17.1. The van der Waals surface area contributed by atoms with E-state index in [1.165, 1.54) is 4.68 Å². The Kier molecular flexibility index (Phi) is 6.11. The first-order valence-corrected chi connectivity index (χ1v) is 9.88. The summed E-state index contributed by atoms with van der Waals surface area (Å²) in [5.74, 6) is -0.603. The average molecular weight is 385 g/mol. The maximum absolute atomic E-state index is 13.3. The summed E-state index contributed by atoms with van der Waals surface area (Å²) in [5, 5.41) is 5.46. The quantitative estimate of drug-likeness (QED) is 0.739. The van der Waals surface area contributed by atoms with Crippen molar-refractivity contribution in [3.8, 4) is 0 Å². The predicted octanol–water partition coefficient (Wildman–Crippen LogP) is 2.47. The lowest BCUT2D eigenvalue weighted by molar-refractivity contribution is -0.149. The van der Waals surface area contributed by atoms with E-state index < -0.39 is 0 Å². The molecule has 1 atom stereocenters. The van der Waals surface area contributed by atoms with Gasteiger partial charge in [-0.1, -0.05) is 32.0 Å². The zero-order valence-corrected chi connectivity index (χ0v) is 16.7. The summed E-state index contributed by atoms with van der Waals surface area (Å²) < 4.78 is 6.51. The third-order valence-corrected chi connectivity index (χ3v) is 4.94. The summed E-state index contributed by atoms with van der Waals surface area (Å²) in [6.45, 7) is 7.42. The van der Waals surface area contributed by atoms with Crippen molar-refractivity contribution in [2.24, 2.45) is 11.8 Å². The smallest absolute Gasteiger partial charge is 0.310 e. The van der Waals surface area contributed by atoms with E-state index in [9.17, 15) is 14.4 Å². The van der Waals surface area contributed by atoms with Crippen LogP contribution >= 0.6 is 0 Å². The SMILES string of the molecule is CCOC(=O)[C@H]1CCCN(C(=O)c2nn(CC(C)C)c(=O)c3ccccc23)C1. The molecule has 1 amide bonds. The van der Waals surface area contributed by atoms with Gasteiger partial charge in [0.2, 0.25) is 0 Å². The molecule has 0 aliphatic carbocycles. The number of amides is 1. The number of fused-ring (bicyclic) bond motifs is 1. The van der Waals surface area contributed by atoms with Crippen molar-refractivity contribution < 1.29 is 14.3 Å². The molecule has 1 saturated heterocycles. The van der Waals surface area contributed by atoms with Crippen LogP contribution in [0.1, 0.15) is 44.1 Å². The summed E-state index contributed by atoms with van der Waals surface area (Å²) in [5.41, 5.74) is 0.0734. The molecule has 0 radical (unpaired) electrons. The number of piperidine rings is 1. The van der Waals surface area contributed by atoms with Crippen molar-refractivity contribution in [2.45, 2.75) is 40.2 Å². The number of benzene rings is 1. The molecule has 0 N–H and O–H groups in total. The van der Waals surface area contributed by atoms with Gasteiger partial charge in [-0.3, -0.25) is 14.4 Å². The van der Waals surface area contributed by atoms with Crippen LogP contribution in [0.2, 0.25) is 0 Å². The highest BCUT2D eigenvalue weighted by molar-refractivity contribution is 6.04. The molecule has 2 heterocycles. The molecular weight excluding hydrogens is 358 g/mol. The minimum atomic E-state index is -0.314. The molecule has 1 aliphatic heterocycles. The van der Waals surface area contributed by atoms with Crippen LogP contribution in [0.25, 0.3) is 10.8 Å². The van der Waals surface area contributed by atoms with E-state index >= 15 is 0 Å². The lowest BCUT2D eigenvalue weighted by Crippen LogP contribution is -2.43. The van der Waals surface area contributed by atoms with Crippen molar-refractivity contribution in [1.29, 1.82) is 0 Å². The molecule has 7 nitrogen and oxygen atoms in total. The van der Waals surface area contributed by atoms with Crippen LogP contribution in [0.4, 0.5) is 0 Å². The van der Waals surface area contributed by atoms with Gasteiger partial charge in [0.1, 0.15) is 0 Å². The molecule has 2 aromatic rings. The number of nitrogens with zero attached hydrogens (tertiary/aromatic N) is 3. The highest BCUT2D eigenvalue weighted by Crippen LogP contribution is 2.22. The Balaban J connectivity index is 1.98. The lowest BCUT2D eigenvalue weighted by atomic mass is 9.97. The number of esters is 1. The van der Waals surface area contributed by atoms with E-state index in [4.69, 9.17) is 4.74 Å². The molecule has 3 rings (SSSR count). The van der Waals surface area contributed by atoms with E-state index in [2.05, 4.69) is 5.10 Å². The molecule has 0 unspecified atom stereocenters. The van der Waals surface area contributed by atoms with E-state index in [1.807, 2.05) is 13.8 Å². The average Bonchev–Trinajstić information content (AvgIpc) is 2.69. The fourth-order valence-corrected chi connectivity index (χ4v) is 3.63. The topological polar surface area (TPSA) is 81.5 Å². The third-order valence-electron chi connectivity index (χ3n) is 4.94. The summed E-state index contributed by atoms with van der Waals surface area (Å²) in [6, 6.07) is 7.06. The second-order valence-electron chi connectivity index (χ2n) is 7.62. The lowest BCUT2D eigenvalue weighted by Gasteiger charge is -2.31. The maximum Gasteiger partial charge on any atom is 0.310 e. The highest BCUT2D eigenvalue weighted by Gasteiger charge is 2.31. The Bertz CT molecular complexity index is 935. The molecule has 1 aromatic carbocycles. The monoisotopic (exact) mass is 385 g/mol. The van der Waals surface area contributed by atoms with Gasteiger partial charge in [0, 0.05) is 25.0 Å². The minimum Gasteiger partial charge on any atom is -0.466 e. The van der Waals surface area contributed by atoms with E-state index in [1.54, 1.807) is 36.1 Å². The number of aromatic nitrogens is 2. The highest BCUT2D eigenvalue weighted by atomic mass is 16.5. The molecule has 1 fully saturated rings. The number of carbonyl (C=O) groups excluding carboxylic acids is 2. The van der Waals surface area contributed by atoms with Gasteiger partial charge in [-0.2, -0.15) is 5.10 Å². The minimum absolute atomic E-state index is 0.191. The predicted molar refractivity (Wildman–Crippen MR) is 106 cm³/mol. The van der Waals surface area contributed by atoms with Crippen LogP contribution in [0, 0.1) is 11.8 Å². The van der Waals surface area contributed by atoms with Crippen LogP contribution in [-0.4, -0.2) is 46.3 Å². The molecule has 0 saturated carbocycles. The van der Waals surface area contributed by atoms with Gasteiger partial charge in [-0.15, -0.1) is 0 Å². The number of hydrogen-bond donors (Lipinski definition) is 0. The van der Waals surface area contributed by atoms with Crippen molar-refractivity contribution in [1.82, 2.24) is 14.7 Å². The largest absolute Gasteiger partial charge is 0.466 e. The van der Waals surface area contributed by atoms with Gasteiger partial charge in [-0.05, 0) is 31.7 Å². The summed E-state index contributed by atoms with van der Waals surface area (Å²) in [4.78, 5) is 39.8. The Hall–Kier alpha value is -2.70. The Morgan fingerprint density at radius 1 is 1.25 bits per heavy atom. The molecule has 0 spiro atoms. The number of carbonyl (C=O) groups is 2. The Labute approximate surface area is 164 Å². The van der Waals surface area contributed by atoms with Gasteiger partial charge in [-0.25, -0.2) is 4.68 Å². The molecule has 7 heteroatoms. The number of ether oxygens (including phenoxy) is 1. The third kappa shape index (κ3) is 4.08. The summed E-state index contributed by atoms with van der Waals surface area (Å²) in [7, 11) is 0. The number of likely N-dealkylation sites (tertiary alicyclic amines) is 1. The zero-order valence-electron chi connectivity index (χ0n) is 16.7. The van der Waals surface area contributed by atoms with Crippen molar-refractivity contribution >= 4 is 22.6 Å². The van der Waals surface area contributed by atoms with Crippen LogP contribution in [-0.2, 0) is 16.1 Å². The van der Waals surface area contributed by atoms with Crippen LogP contribution in [0.15, 0.2) is 29.1 Å². The first-order chi connectivity index (χ1) is 13.4. The van der Waals surface area contributed by atoms with Crippen molar-refractivity contribution in [3.63, 3.8) is 0 Å². The fraction of sp³-hybridized carbons (Fsp3) is 0.524. The summed E-state index contributed by atoms with van der Waals surface area (Å²) >= 11 is 0. The van der Waals surface area contributed by atoms with E-state index in [0.717, 1.165) is 6.42 Å². The molecule has 0 bridgehead atoms. The van der Waals surface area contributed by atoms with Gasteiger partial charge < -0.3 is 9.64 Å². The van der Waals surface area contributed by atoms with Crippen LogP contribution in [0.3, 0.4) is 0 Å². The van der Waals surface area contributed by atoms with Crippen LogP contribution < -0.4 is 5.56 Å². The number of hydrogen-bond acceptors (Lipinski definition) is 5. The van der Waals surface area contributed by atoms with E-state index in [0.29, 0.717) is 43.4 Å².